The summed E-state index contributed by atoms with van der Waals surface area (Å²) in [6.45, 7) is 4.66. The Labute approximate surface area is 166 Å². The van der Waals surface area contributed by atoms with Crippen LogP contribution in [0.5, 0.6) is 5.75 Å². The standard InChI is InChI=1S/C21H25N3O2.ClH/c1-26-20-4-2-3-16(15-20)21(25)22-17-5-7-18(8-6-17)24-14-13-23-11-9-19(24)10-12-23;/h2-8,15,19H,9-14H2,1H3,(H,22,25);1H. The van der Waals surface area contributed by atoms with E-state index in [1.165, 1.54) is 31.6 Å². The quantitative estimate of drug-likeness (QED) is 0.869. The number of hydrogen-bond donors (Lipinski definition) is 1. The highest BCUT2D eigenvalue weighted by atomic mass is 35.5. The number of amides is 1. The van der Waals surface area contributed by atoms with Gasteiger partial charge in [0.25, 0.3) is 5.91 Å². The zero-order chi connectivity index (χ0) is 17.9. The van der Waals surface area contributed by atoms with E-state index in [1.54, 1.807) is 19.2 Å². The van der Waals surface area contributed by atoms with Crippen molar-refractivity contribution in [2.75, 3.05) is 43.5 Å². The molecular formula is C21H26ClN3O2. The van der Waals surface area contributed by atoms with E-state index in [0.717, 1.165) is 18.8 Å². The number of hydrogen-bond acceptors (Lipinski definition) is 4. The Balaban J connectivity index is 0.00000210. The summed E-state index contributed by atoms with van der Waals surface area (Å²) in [4.78, 5) is 17.5. The lowest BCUT2D eigenvalue weighted by Crippen LogP contribution is -2.37. The van der Waals surface area contributed by atoms with Crippen molar-refractivity contribution >= 4 is 29.7 Å². The topological polar surface area (TPSA) is 44.8 Å². The fourth-order valence-electron chi connectivity index (χ4n) is 3.93. The van der Waals surface area contributed by atoms with Crippen molar-refractivity contribution in [3.8, 4) is 5.75 Å². The van der Waals surface area contributed by atoms with Gasteiger partial charge in [0.05, 0.1) is 7.11 Å². The van der Waals surface area contributed by atoms with Gasteiger partial charge < -0.3 is 19.9 Å². The van der Waals surface area contributed by atoms with Gasteiger partial charge >= 0.3 is 0 Å². The molecule has 2 aromatic rings. The highest BCUT2D eigenvalue weighted by Crippen LogP contribution is 2.27. The second-order valence-corrected chi connectivity index (χ2v) is 7.00. The van der Waals surface area contributed by atoms with Crippen LogP contribution in [-0.2, 0) is 0 Å². The molecule has 3 heterocycles. The first-order valence-electron chi connectivity index (χ1n) is 9.27. The van der Waals surface area contributed by atoms with Crippen LogP contribution in [0.25, 0.3) is 0 Å². The number of carbonyl (C=O) groups is 1. The first-order chi connectivity index (χ1) is 12.7. The van der Waals surface area contributed by atoms with Crippen molar-refractivity contribution < 1.29 is 9.53 Å². The molecule has 0 aliphatic carbocycles. The van der Waals surface area contributed by atoms with Crippen LogP contribution < -0.4 is 15.0 Å². The van der Waals surface area contributed by atoms with Crippen molar-refractivity contribution in [1.29, 1.82) is 0 Å². The minimum atomic E-state index is -0.127. The SMILES string of the molecule is COc1cccc(C(=O)Nc2ccc(N3CCN4CCC3CC4)cc2)c1.Cl. The minimum Gasteiger partial charge on any atom is -0.497 e. The van der Waals surface area contributed by atoms with E-state index in [1.807, 2.05) is 24.3 Å². The number of methoxy groups -OCH3 is 1. The highest BCUT2D eigenvalue weighted by molar-refractivity contribution is 6.04. The number of anilines is 2. The molecule has 0 unspecified atom stereocenters. The summed E-state index contributed by atoms with van der Waals surface area (Å²) >= 11 is 0. The normalized spacial score (nSPS) is 21.1. The first kappa shape index (κ1) is 19.5. The molecule has 0 radical (unpaired) electrons. The van der Waals surface area contributed by atoms with Gasteiger partial charge in [-0.1, -0.05) is 6.07 Å². The van der Waals surface area contributed by atoms with E-state index in [4.69, 9.17) is 4.74 Å². The van der Waals surface area contributed by atoms with E-state index >= 15 is 0 Å². The van der Waals surface area contributed by atoms with Gasteiger partial charge in [-0.05, 0) is 55.3 Å². The second-order valence-electron chi connectivity index (χ2n) is 7.00. The molecule has 5 rings (SSSR count). The number of nitrogens with one attached hydrogen (secondary N) is 1. The molecule has 1 N–H and O–H groups in total. The number of halogens is 1. The molecule has 27 heavy (non-hydrogen) atoms. The fraction of sp³-hybridized carbons (Fsp3) is 0.381. The predicted octanol–water partition coefficient (Wildman–Crippen LogP) is 3.65. The van der Waals surface area contributed by atoms with Crippen LogP contribution in [0.1, 0.15) is 23.2 Å². The summed E-state index contributed by atoms with van der Waals surface area (Å²) in [5.41, 5.74) is 2.65. The Bertz CT molecular complexity index is 773. The molecule has 0 aromatic heterocycles. The van der Waals surface area contributed by atoms with Gasteiger partial charge in [-0.15, -0.1) is 12.4 Å². The number of nitrogens with zero attached hydrogens (tertiary/aromatic N) is 2. The molecule has 3 saturated heterocycles. The molecule has 144 valence electrons. The largest absolute Gasteiger partial charge is 0.497 e. The van der Waals surface area contributed by atoms with Gasteiger partial charge in [-0.25, -0.2) is 0 Å². The summed E-state index contributed by atoms with van der Waals surface area (Å²) in [6, 6.07) is 16.0. The second kappa shape index (κ2) is 8.63. The van der Waals surface area contributed by atoms with E-state index in [2.05, 4.69) is 27.2 Å². The molecule has 0 saturated carbocycles. The maximum Gasteiger partial charge on any atom is 0.255 e. The van der Waals surface area contributed by atoms with Crippen molar-refractivity contribution in [1.82, 2.24) is 4.90 Å². The molecule has 5 nitrogen and oxygen atoms in total. The number of rotatable bonds is 4. The Morgan fingerprint density at radius 3 is 2.48 bits per heavy atom. The van der Waals surface area contributed by atoms with Crippen molar-refractivity contribution in [2.45, 2.75) is 18.9 Å². The molecule has 3 aliphatic rings. The number of carbonyl (C=O) groups excluding carboxylic acids is 1. The lowest BCUT2D eigenvalue weighted by Gasteiger charge is -2.33. The third-order valence-electron chi connectivity index (χ3n) is 5.44. The monoisotopic (exact) mass is 387 g/mol. The zero-order valence-electron chi connectivity index (χ0n) is 15.6. The van der Waals surface area contributed by atoms with Crippen molar-refractivity contribution in [2.24, 2.45) is 0 Å². The average Bonchev–Trinajstić information content (AvgIpc) is 3.02. The fourth-order valence-corrected chi connectivity index (χ4v) is 3.93. The smallest absolute Gasteiger partial charge is 0.255 e. The maximum atomic E-state index is 12.4. The van der Waals surface area contributed by atoms with Gasteiger partial charge in [0.2, 0.25) is 0 Å². The maximum absolute atomic E-state index is 12.4. The molecule has 3 fully saturated rings. The van der Waals surface area contributed by atoms with E-state index in [0.29, 0.717) is 17.4 Å². The lowest BCUT2D eigenvalue weighted by molar-refractivity contribution is 0.102. The van der Waals surface area contributed by atoms with Gasteiger partial charge in [0.15, 0.2) is 0 Å². The van der Waals surface area contributed by atoms with Crippen LogP contribution in [0.2, 0.25) is 0 Å². The summed E-state index contributed by atoms with van der Waals surface area (Å²) in [5.74, 6) is 0.553. The van der Waals surface area contributed by atoms with Gasteiger partial charge in [-0.2, -0.15) is 0 Å². The van der Waals surface area contributed by atoms with E-state index < -0.39 is 0 Å². The number of piperidine rings is 1. The van der Waals surface area contributed by atoms with Crippen molar-refractivity contribution in [3.05, 3.63) is 54.1 Å². The molecular weight excluding hydrogens is 362 g/mol. The number of fused-ring (bicyclic) bond motifs is 4. The lowest BCUT2D eigenvalue weighted by atomic mass is 10.0. The molecule has 2 bridgehead atoms. The van der Waals surface area contributed by atoms with Crippen LogP contribution in [0, 0.1) is 0 Å². The predicted molar refractivity (Wildman–Crippen MR) is 111 cm³/mol. The van der Waals surface area contributed by atoms with E-state index in [-0.39, 0.29) is 18.3 Å². The molecule has 1 amide bonds. The van der Waals surface area contributed by atoms with Crippen LogP contribution >= 0.6 is 12.4 Å². The summed E-state index contributed by atoms with van der Waals surface area (Å²) in [5, 5.41) is 2.96. The average molecular weight is 388 g/mol. The number of ether oxygens (including phenoxy) is 1. The number of benzene rings is 2. The molecule has 0 atom stereocenters. The zero-order valence-corrected chi connectivity index (χ0v) is 16.4. The molecule has 3 aliphatic heterocycles. The Kier molecular flexibility index (Phi) is 6.24. The summed E-state index contributed by atoms with van der Waals surface area (Å²) in [6.07, 6.45) is 2.49. The van der Waals surface area contributed by atoms with Crippen LogP contribution in [0.15, 0.2) is 48.5 Å². The minimum absolute atomic E-state index is 0. The summed E-state index contributed by atoms with van der Waals surface area (Å²) in [7, 11) is 1.60. The molecule has 6 heteroatoms. The van der Waals surface area contributed by atoms with Crippen LogP contribution in [-0.4, -0.2) is 50.1 Å². The van der Waals surface area contributed by atoms with Gasteiger partial charge in [0.1, 0.15) is 5.75 Å². The third-order valence-corrected chi connectivity index (χ3v) is 5.44. The van der Waals surface area contributed by atoms with Gasteiger partial charge in [-0.3, -0.25) is 4.79 Å². The molecule has 2 aromatic carbocycles. The Hall–Kier alpha value is -2.24. The van der Waals surface area contributed by atoms with Crippen molar-refractivity contribution in [3.63, 3.8) is 0 Å². The third kappa shape index (κ3) is 4.37. The van der Waals surface area contributed by atoms with Crippen LogP contribution in [0.4, 0.5) is 11.4 Å². The highest BCUT2D eigenvalue weighted by Gasteiger charge is 2.28. The molecule has 0 spiro atoms. The van der Waals surface area contributed by atoms with Gasteiger partial charge in [0, 0.05) is 49.2 Å². The Morgan fingerprint density at radius 2 is 1.78 bits per heavy atom. The first-order valence-corrected chi connectivity index (χ1v) is 9.27. The summed E-state index contributed by atoms with van der Waals surface area (Å²) < 4.78 is 5.18. The Morgan fingerprint density at radius 1 is 1.04 bits per heavy atom. The van der Waals surface area contributed by atoms with Crippen LogP contribution in [0.3, 0.4) is 0 Å². The van der Waals surface area contributed by atoms with E-state index in [9.17, 15) is 4.79 Å².